The molecule has 1 aromatic heterocycles. The van der Waals surface area contributed by atoms with Gasteiger partial charge in [-0.05, 0) is 17.7 Å². The maximum absolute atomic E-state index is 6.15. The maximum Gasteiger partial charge on any atom is 0.227 e. The third kappa shape index (κ3) is 2.99. The largest absolute Gasteiger partial charge is 0.436 e. The van der Waals surface area contributed by atoms with Crippen molar-refractivity contribution in [2.24, 2.45) is 0 Å². The molecular formula is C22H17NO. The summed E-state index contributed by atoms with van der Waals surface area (Å²) in [6, 6.07) is 30.6. The second-order valence-corrected chi connectivity index (χ2v) is 5.69. The summed E-state index contributed by atoms with van der Waals surface area (Å²) in [5, 5.41) is 0. The minimum absolute atomic E-state index is 0.667. The fourth-order valence-electron chi connectivity index (χ4n) is 2.78. The molecule has 0 aliphatic heterocycles. The van der Waals surface area contributed by atoms with Gasteiger partial charge in [0.1, 0.15) is 0 Å². The summed E-state index contributed by atoms with van der Waals surface area (Å²) >= 11 is 0. The SMILES string of the molecule is c1ccc(Cc2nc(-c3ccccc3)oc2-c2ccccc2)cc1. The summed E-state index contributed by atoms with van der Waals surface area (Å²) in [6.45, 7) is 0. The lowest BCUT2D eigenvalue weighted by Gasteiger charge is -2.01. The Balaban J connectivity index is 1.80. The van der Waals surface area contributed by atoms with Crippen LogP contribution < -0.4 is 0 Å². The average Bonchev–Trinajstić information content (AvgIpc) is 3.08. The average molecular weight is 311 g/mol. The van der Waals surface area contributed by atoms with Crippen LogP contribution in [-0.4, -0.2) is 4.98 Å². The van der Waals surface area contributed by atoms with E-state index in [4.69, 9.17) is 9.40 Å². The number of benzene rings is 3. The Morgan fingerprint density at radius 1 is 0.625 bits per heavy atom. The van der Waals surface area contributed by atoms with Crippen molar-refractivity contribution in [2.45, 2.75) is 6.42 Å². The first kappa shape index (κ1) is 14.5. The second-order valence-electron chi connectivity index (χ2n) is 5.69. The fraction of sp³-hybridized carbons (Fsp3) is 0.0455. The van der Waals surface area contributed by atoms with E-state index in [0.29, 0.717) is 5.89 Å². The molecule has 0 radical (unpaired) electrons. The van der Waals surface area contributed by atoms with Gasteiger partial charge in [0, 0.05) is 17.5 Å². The van der Waals surface area contributed by atoms with Gasteiger partial charge in [0.05, 0.1) is 5.69 Å². The molecule has 0 aliphatic rings. The van der Waals surface area contributed by atoms with Crippen LogP contribution >= 0.6 is 0 Å². The highest BCUT2D eigenvalue weighted by atomic mass is 16.4. The Kier molecular flexibility index (Phi) is 3.95. The van der Waals surface area contributed by atoms with E-state index < -0.39 is 0 Å². The minimum Gasteiger partial charge on any atom is -0.436 e. The van der Waals surface area contributed by atoms with Gasteiger partial charge < -0.3 is 4.42 Å². The molecule has 0 unspecified atom stereocenters. The fourth-order valence-corrected chi connectivity index (χ4v) is 2.78. The zero-order valence-corrected chi connectivity index (χ0v) is 13.2. The van der Waals surface area contributed by atoms with Crippen LogP contribution in [-0.2, 0) is 6.42 Å². The van der Waals surface area contributed by atoms with Crippen molar-refractivity contribution in [3.63, 3.8) is 0 Å². The van der Waals surface area contributed by atoms with Crippen molar-refractivity contribution in [1.29, 1.82) is 0 Å². The Hall–Kier alpha value is -3.13. The molecule has 0 fully saturated rings. The Bertz CT molecular complexity index is 912. The highest BCUT2D eigenvalue weighted by Crippen LogP contribution is 2.31. The smallest absolute Gasteiger partial charge is 0.227 e. The molecule has 0 saturated carbocycles. The van der Waals surface area contributed by atoms with Crippen LogP contribution in [0.4, 0.5) is 0 Å². The molecule has 0 spiro atoms. The van der Waals surface area contributed by atoms with Crippen molar-refractivity contribution in [3.05, 3.63) is 102 Å². The normalized spacial score (nSPS) is 10.7. The molecule has 2 nitrogen and oxygen atoms in total. The van der Waals surface area contributed by atoms with Gasteiger partial charge in [0.2, 0.25) is 5.89 Å². The van der Waals surface area contributed by atoms with E-state index in [-0.39, 0.29) is 0 Å². The summed E-state index contributed by atoms with van der Waals surface area (Å²) in [5.74, 6) is 1.51. The van der Waals surface area contributed by atoms with Crippen LogP contribution in [0.25, 0.3) is 22.8 Å². The van der Waals surface area contributed by atoms with Gasteiger partial charge in [0.15, 0.2) is 5.76 Å². The molecule has 0 aliphatic carbocycles. The third-order valence-electron chi connectivity index (χ3n) is 3.97. The lowest BCUT2D eigenvalue weighted by atomic mass is 10.1. The lowest BCUT2D eigenvalue weighted by Crippen LogP contribution is -1.91. The van der Waals surface area contributed by atoms with Crippen molar-refractivity contribution in [3.8, 4) is 22.8 Å². The Labute approximate surface area is 141 Å². The van der Waals surface area contributed by atoms with Gasteiger partial charge in [-0.3, -0.25) is 0 Å². The number of oxazole rings is 1. The quantitative estimate of drug-likeness (QED) is 0.490. The summed E-state index contributed by atoms with van der Waals surface area (Å²) < 4.78 is 6.15. The molecule has 0 bridgehead atoms. The van der Waals surface area contributed by atoms with Crippen molar-refractivity contribution in [2.75, 3.05) is 0 Å². The topological polar surface area (TPSA) is 26.0 Å². The molecule has 0 amide bonds. The Morgan fingerprint density at radius 3 is 1.79 bits per heavy atom. The van der Waals surface area contributed by atoms with Gasteiger partial charge in [-0.1, -0.05) is 78.9 Å². The highest BCUT2D eigenvalue weighted by molar-refractivity contribution is 5.64. The van der Waals surface area contributed by atoms with E-state index in [9.17, 15) is 0 Å². The van der Waals surface area contributed by atoms with E-state index in [0.717, 1.165) is 29.0 Å². The molecule has 0 N–H and O–H groups in total. The van der Waals surface area contributed by atoms with Crippen LogP contribution in [0.2, 0.25) is 0 Å². The number of hydrogen-bond donors (Lipinski definition) is 0. The molecule has 4 rings (SSSR count). The first-order valence-corrected chi connectivity index (χ1v) is 8.04. The van der Waals surface area contributed by atoms with E-state index in [2.05, 4.69) is 36.4 Å². The number of nitrogens with zero attached hydrogens (tertiary/aromatic N) is 1. The third-order valence-corrected chi connectivity index (χ3v) is 3.97. The number of aromatic nitrogens is 1. The van der Waals surface area contributed by atoms with Crippen molar-refractivity contribution >= 4 is 0 Å². The van der Waals surface area contributed by atoms with Gasteiger partial charge in [-0.25, -0.2) is 4.98 Å². The highest BCUT2D eigenvalue weighted by Gasteiger charge is 2.16. The molecule has 4 aromatic rings. The van der Waals surface area contributed by atoms with Crippen LogP contribution in [0.5, 0.6) is 0 Å². The molecule has 116 valence electrons. The van der Waals surface area contributed by atoms with E-state index in [1.165, 1.54) is 5.56 Å². The van der Waals surface area contributed by atoms with E-state index >= 15 is 0 Å². The predicted octanol–water partition coefficient (Wildman–Crippen LogP) is 5.60. The zero-order chi connectivity index (χ0) is 16.2. The van der Waals surface area contributed by atoms with Gasteiger partial charge >= 0.3 is 0 Å². The second kappa shape index (κ2) is 6.55. The standard InChI is InChI=1S/C22H17NO/c1-4-10-17(11-5-1)16-20-21(18-12-6-2-7-13-18)24-22(23-20)19-14-8-3-9-15-19/h1-15H,16H2. The van der Waals surface area contributed by atoms with Crippen LogP contribution in [0, 0.1) is 0 Å². The number of hydrogen-bond acceptors (Lipinski definition) is 2. The van der Waals surface area contributed by atoms with E-state index in [1.807, 2.05) is 54.6 Å². The van der Waals surface area contributed by atoms with Crippen LogP contribution in [0.15, 0.2) is 95.4 Å². The molecule has 24 heavy (non-hydrogen) atoms. The van der Waals surface area contributed by atoms with Crippen molar-refractivity contribution in [1.82, 2.24) is 4.98 Å². The Morgan fingerprint density at radius 2 is 1.17 bits per heavy atom. The maximum atomic E-state index is 6.15. The summed E-state index contributed by atoms with van der Waals surface area (Å²) in [5.41, 5.74) is 4.24. The summed E-state index contributed by atoms with van der Waals surface area (Å²) in [4.78, 5) is 4.79. The van der Waals surface area contributed by atoms with Crippen LogP contribution in [0.3, 0.4) is 0 Å². The van der Waals surface area contributed by atoms with Gasteiger partial charge in [-0.2, -0.15) is 0 Å². The molecule has 3 aromatic carbocycles. The number of rotatable bonds is 4. The molecule has 2 heteroatoms. The van der Waals surface area contributed by atoms with E-state index in [1.54, 1.807) is 0 Å². The summed E-state index contributed by atoms with van der Waals surface area (Å²) in [6.07, 6.45) is 0.751. The molecule has 0 atom stereocenters. The van der Waals surface area contributed by atoms with Crippen molar-refractivity contribution < 1.29 is 4.42 Å². The molecule has 1 heterocycles. The first-order valence-electron chi connectivity index (χ1n) is 8.04. The molecular weight excluding hydrogens is 294 g/mol. The van der Waals surface area contributed by atoms with Crippen LogP contribution in [0.1, 0.15) is 11.3 Å². The predicted molar refractivity (Wildman–Crippen MR) is 96.6 cm³/mol. The minimum atomic E-state index is 0.667. The van der Waals surface area contributed by atoms with Gasteiger partial charge in [0.25, 0.3) is 0 Å². The molecule has 0 saturated heterocycles. The monoisotopic (exact) mass is 311 g/mol. The zero-order valence-electron chi connectivity index (χ0n) is 13.2. The summed E-state index contributed by atoms with van der Waals surface area (Å²) in [7, 11) is 0. The first-order chi connectivity index (χ1) is 11.9. The lowest BCUT2D eigenvalue weighted by molar-refractivity contribution is 0.587. The van der Waals surface area contributed by atoms with Gasteiger partial charge in [-0.15, -0.1) is 0 Å².